The molecule has 7 nitrogen and oxygen atoms in total. The SMILES string of the molecule is Cc1cc(N)ccc1C(=O)OCc1nnn(C)n1. The van der Waals surface area contributed by atoms with Crippen LogP contribution in [0.1, 0.15) is 21.7 Å². The predicted molar refractivity (Wildman–Crippen MR) is 63.5 cm³/mol. The van der Waals surface area contributed by atoms with E-state index in [4.69, 9.17) is 10.5 Å². The summed E-state index contributed by atoms with van der Waals surface area (Å²) in [6.07, 6.45) is 0. The molecule has 2 rings (SSSR count). The third-order valence-electron chi connectivity index (χ3n) is 2.35. The number of carbonyl (C=O) groups excluding carboxylic acids is 1. The molecule has 0 spiro atoms. The van der Waals surface area contributed by atoms with Gasteiger partial charge in [-0.2, -0.15) is 4.80 Å². The fourth-order valence-electron chi connectivity index (χ4n) is 1.50. The van der Waals surface area contributed by atoms with Crippen LogP contribution in [0.2, 0.25) is 0 Å². The molecule has 0 saturated heterocycles. The number of benzene rings is 1. The Morgan fingerprint density at radius 3 is 2.89 bits per heavy atom. The van der Waals surface area contributed by atoms with Gasteiger partial charge in [-0.3, -0.25) is 0 Å². The highest BCUT2D eigenvalue weighted by Gasteiger charge is 2.12. The van der Waals surface area contributed by atoms with Crippen LogP contribution in [0.5, 0.6) is 0 Å². The molecule has 1 aromatic heterocycles. The van der Waals surface area contributed by atoms with E-state index in [1.54, 1.807) is 32.2 Å². The maximum Gasteiger partial charge on any atom is 0.338 e. The molecular weight excluding hydrogens is 234 g/mol. The number of hydrogen-bond acceptors (Lipinski definition) is 6. The van der Waals surface area contributed by atoms with Gasteiger partial charge in [0.25, 0.3) is 0 Å². The van der Waals surface area contributed by atoms with Crippen LogP contribution in [0.3, 0.4) is 0 Å². The number of aromatic nitrogens is 4. The Labute approximate surface area is 104 Å². The van der Waals surface area contributed by atoms with Crippen LogP contribution in [0.4, 0.5) is 5.69 Å². The summed E-state index contributed by atoms with van der Waals surface area (Å²) in [5.74, 6) is -0.0705. The summed E-state index contributed by atoms with van der Waals surface area (Å²) in [7, 11) is 1.64. The van der Waals surface area contributed by atoms with E-state index in [2.05, 4.69) is 15.4 Å². The Hall–Kier alpha value is -2.44. The number of nitrogens with two attached hydrogens (primary N) is 1. The Bertz CT molecular complexity index is 579. The van der Waals surface area contributed by atoms with Gasteiger partial charge >= 0.3 is 5.97 Å². The lowest BCUT2D eigenvalue weighted by atomic mass is 10.1. The van der Waals surface area contributed by atoms with E-state index >= 15 is 0 Å². The van der Waals surface area contributed by atoms with Crippen LogP contribution in [0, 0.1) is 6.92 Å². The van der Waals surface area contributed by atoms with Crippen LogP contribution < -0.4 is 5.73 Å². The smallest absolute Gasteiger partial charge is 0.338 e. The van der Waals surface area contributed by atoms with Gasteiger partial charge in [-0.15, -0.1) is 10.2 Å². The lowest BCUT2D eigenvalue weighted by molar-refractivity contribution is 0.0461. The maximum atomic E-state index is 11.8. The average Bonchev–Trinajstić information content (AvgIpc) is 2.72. The molecule has 0 aliphatic rings. The largest absolute Gasteiger partial charge is 0.454 e. The Kier molecular flexibility index (Phi) is 3.22. The summed E-state index contributed by atoms with van der Waals surface area (Å²) in [5.41, 5.74) is 7.47. The van der Waals surface area contributed by atoms with Gasteiger partial charge in [-0.05, 0) is 35.9 Å². The number of ether oxygens (including phenoxy) is 1. The second-order valence-electron chi connectivity index (χ2n) is 3.85. The molecule has 2 aromatic rings. The number of carbonyl (C=O) groups is 1. The van der Waals surface area contributed by atoms with Crippen LogP contribution in [-0.2, 0) is 18.4 Å². The summed E-state index contributed by atoms with van der Waals surface area (Å²) in [6.45, 7) is 1.80. The molecule has 18 heavy (non-hydrogen) atoms. The molecule has 94 valence electrons. The average molecular weight is 247 g/mol. The summed E-state index contributed by atoms with van der Waals surface area (Å²) in [6, 6.07) is 5.01. The Balaban J connectivity index is 2.03. The molecule has 0 bridgehead atoms. The van der Waals surface area contributed by atoms with E-state index in [-0.39, 0.29) is 6.61 Å². The Morgan fingerprint density at radius 1 is 1.50 bits per heavy atom. The first-order valence-corrected chi connectivity index (χ1v) is 5.32. The number of anilines is 1. The molecule has 0 aliphatic heterocycles. The zero-order valence-corrected chi connectivity index (χ0v) is 10.1. The topological polar surface area (TPSA) is 95.9 Å². The predicted octanol–water partition coefficient (Wildman–Crippen LogP) is 0.458. The summed E-state index contributed by atoms with van der Waals surface area (Å²) in [4.78, 5) is 13.1. The first kappa shape index (κ1) is 12.0. The third kappa shape index (κ3) is 2.62. The highest BCUT2D eigenvalue weighted by Crippen LogP contribution is 2.13. The van der Waals surface area contributed by atoms with Gasteiger partial charge < -0.3 is 10.5 Å². The molecule has 1 aromatic carbocycles. The second kappa shape index (κ2) is 4.82. The zero-order valence-electron chi connectivity index (χ0n) is 10.1. The summed E-state index contributed by atoms with van der Waals surface area (Å²) >= 11 is 0. The van der Waals surface area contributed by atoms with Crippen molar-refractivity contribution in [1.29, 1.82) is 0 Å². The van der Waals surface area contributed by atoms with Crippen molar-refractivity contribution in [2.45, 2.75) is 13.5 Å². The number of rotatable bonds is 3. The van der Waals surface area contributed by atoms with Gasteiger partial charge in [-0.1, -0.05) is 0 Å². The van der Waals surface area contributed by atoms with Crippen LogP contribution in [0.25, 0.3) is 0 Å². The highest BCUT2D eigenvalue weighted by atomic mass is 16.5. The lowest BCUT2D eigenvalue weighted by Crippen LogP contribution is -2.08. The van der Waals surface area contributed by atoms with E-state index in [1.807, 2.05) is 0 Å². The summed E-state index contributed by atoms with van der Waals surface area (Å²) in [5, 5.41) is 11.3. The minimum atomic E-state index is -0.431. The standard InChI is InChI=1S/C11H13N5O2/c1-7-5-8(12)3-4-9(7)11(17)18-6-10-13-15-16(2)14-10/h3-5H,6,12H2,1-2H3. The number of tetrazole rings is 1. The monoisotopic (exact) mass is 247 g/mol. The van der Waals surface area contributed by atoms with Gasteiger partial charge in [0.1, 0.15) is 0 Å². The van der Waals surface area contributed by atoms with Crippen molar-refractivity contribution in [2.75, 3.05) is 5.73 Å². The molecule has 0 radical (unpaired) electrons. The fraction of sp³-hybridized carbons (Fsp3) is 0.273. The van der Waals surface area contributed by atoms with Gasteiger partial charge in [0, 0.05) is 5.69 Å². The van der Waals surface area contributed by atoms with Crippen molar-refractivity contribution in [3.8, 4) is 0 Å². The van der Waals surface area contributed by atoms with Gasteiger partial charge in [0.2, 0.25) is 5.82 Å². The first-order valence-electron chi connectivity index (χ1n) is 5.32. The van der Waals surface area contributed by atoms with Gasteiger partial charge in [0.05, 0.1) is 12.6 Å². The van der Waals surface area contributed by atoms with Gasteiger partial charge in [0.15, 0.2) is 6.61 Å². The van der Waals surface area contributed by atoms with E-state index < -0.39 is 5.97 Å². The normalized spacial score (nSPS) is 10.3. The highest BCUT2D eigenvalue weighted by molar-refractivity contribution is 5.91. The van der Waals surface area contributed by atoms with Crippen molar-refractivity contribution in [1.82, 2.24) is 20.2 Å². The second-order valence-corrected chi connectivity index (χ2v) is 3.85. The van der Waals surface area contributed by atoms with Crippen molar-refractivity contribution in [3.63, 3.8) is 0 Å². The molecule has 2 N–H and O–H groups in total. The minimum absolute atomic E-state index is 0.00348. The molecule has 1 heterocycles. The van der Waals surface area contributed by atoms with Gasteiger partial charge in [-0.25, -0.2) is 4.79 Å². The maximum absolute atomic E-state index is 11.8. The molecule has 0 saturated carbocycles. The quantitative estimate of drug-likeness (QED) is 0.625. The number of nitrogens with zero attached hydrogens (tertiary/aromatic N) is 4. The van der Waals surface area contributed by atoms with Crippen molar-refractivity contribution in [2.24, 2.45) is 7.05 Å². The number of aryl methyl sites for hydroxylation is 2. The van der Waals surface area contributed by atoms with E-state index in [9.17, 15) is 4.79 Å². The van der Waals surface area contributed by atoms with E-state index in [0.717, 1.165) is 5.56 Å². The first-order chi connectivity index (χ1) is 8.56. The third-order valence-corrected chi connectivity index (χ3v) is 2.35. The molecule has 0 fully saturated rings. The summed E-state index contributed by atoms with van der Waals surface area (Å²) < 4.78 is 5.09. The molecule has 7 heteroatoms. The van der Waals surface area contributed by atoms with E-state index in [0.29, 0.717) is 17.1 Å². The van der Waals surface area contributed by atoms with Crippen molar-refractivity contribution in [3.05, 3.63) is 35.2 Å². The van der Waals surface area contributed by atoms with Crippen molar-refractivity contribution >= 4 is 11.7 Å². The molecular formula is C11H13N5O2. The lowest BCUT2D eigenvalue weighted by Gasteiger charge is -2.05. The number of esters is 1. The number of nitrogen functional groups attached to an aromatic ring is 1. The van der Waals surface area contributed by atoms with Crippen LogP contribution in [0.15, 0.2) is 18.2 Å². The van der Waals surface area contributed by atoms with Crippen molar-refractivity contribution < 1.29 is 9.53 Å². The van der Waals surface area contributed by atoms with E-state index in [1.165, 1.54) is 4.80 Å². The molecule has 0 unspecified atom stereocenters. The zero-order chi connectivity index (χ0) is 13.1. The number of hydrogen-bond donors (Lipinski definition) is 1. The fourth-order valence-corrected chi connectivity index (χ4v) is 1.50. The van der Waals surface area contributed by atoms with Crippen LogP contribution in [-0.4, -0.2) is 26.2 Å². The Morgan fingerprint density at radius 2 is 2.28 bits per heavy atom. The van der Waals surface area contributed by atoms with Crippen LogP contribution >= 0.6 is 0 Å². The minimum Gasteiger partial charge on any atom is -0.454 e. The molecule has 0 atom stereocenters. The molecule has 0 aliphatic carbocycles. The molecule has 0 amide bonds.